The second kappa shape index (κ2) is 7.47. The molecule has 3 nitrogen and oxygen atoms in total. The van der Waals surface area contributed by atoms with Crippen molar-refractivity contribution in [3.05, 3.63) is 50.8 Å². The lowest BCUT2D eigenvalue weighted by molar-refractivity contribution is 0.242. The van der Waals surface area contributed by atoms with Gasteiger partial charge in [-0.05, 0) is 76.4 Å². The van der Waals surface area contributed by atoms with Crippen LogP contribution >= 0.6 is 31.9 Å². The van der Waals surface area contributed by atoms with Gasteiger partial charge in [-0.25, -0.2) is 0 Å². The molecule has 5 heteroatoms. The monoisotopic (exact) mass is 415 g/mol. The van der Waals surface area contributed by atoms with Crippen molar-refractivity contribution >= 4 is 31.9 Å². The first-order chi connectivity index (χ1) is 9.95. The number of hydrogen-bond acceptors (Lipinski definition) is 3. The molecule has 1 atom stereocenters. The van der Waals surface area contributed by atoms with Gasteiger partial charge in [0.15, 0.2) is 4.67 Å². The fraction of sp³-hybridized carbons (Fsp3) is 0.375. The van der Waals surface area contributed by atoms with Crippen LogP contribution in [0.25, 0.3) is 0 Å². The SMILES string of the molecule is CC(C)Oc1cccc(C(C)NCc2cc(Br)c(Br)o2)c1. The highest BCUT2D eigenvalue weighted by molar-refractivity contribution is 9.13. The van der Waals surface area contributed by atoms with Gasteiger partial charge in [-0.15, -0.1) is 0 Å². The van der Waals surface area contributed by atoms with Crippen molar-refractivity contribution in [2.45, 2.75) is 39.5 Å². The van der Waals surface area contributed by atoms with Crippen molar-refractivity contribution < 1.29 is 9.15 Å². The van der Waals surface area contributed by atoms with Crippen LogP contribution in [0.2, 0.25) is 0 Å². The molecule has 1 heterocycles. The van der Waals surface area contributed by atoms with Gasteiger partial charge >= 0.3 is 0 Å². The summed E-state index contributed by atoms with van der Waals surface area (Å²) >= 11 is 6.76. The highest BCUT2D eigenvalue weighted by atomic mass is 79.9. The van der Waals surface area contributed by atoms with Gasteiger partial charge in [0.2, 0.25) is 0 Å². The van der Waals surface area contributed by atoms with Gasteiger partial charge in [0.05, 0.1) is 17.1 Å². The third kappa shape index (κ3) is 4.87. The quantitative estimate of drug-likeness (QED) is 0.680. The second-order valence-electron chi connectivity index (χ2n) is 5.18. The van der Waals surface area contributed by atoms with E-state index in [1.165, 1.54) is 5.56 Å². The average molecular weight is 417 g/mol. The summed E-state index contributed by atoms with van der Waals surface area (Å²) in [6.07, 6.45) is 0.182. The minimum Gasteiger partial charge on any atom is -0.491 e. The summed E-state index contributed by atoms with van der Waals surface area (Å²) in [7, 11) is 0. The van der Waals surface area contributed by atoms with Crippen molar-refractivity contribution in [1.29, 1.82) is 0 Å². The van der Waals surface area contributed by atoms with E-state index in [0.717, 1.165) is 20.7 Å². The van der Waals surface area contributed by atoms with Gasteiger partial charge in [-0.2, -0.15) is 0 Å². The molecule has 0 radical (unpaired) electrons. The summed E-state index contributed by atoms with van der Waals surface area (Å²) in [5.74, 6) is 1.79. The van der Waals surface area contributed by atoms with E-state index in [2.05, 4.69) is 56.2 Å². The fourth-order valence-corrected chi connectivity index (χ4v) is 2.64. The van der Waals surface area contributed by atoms with E-state index < -0.39 is 0 Å². The molecule has 1 aromatic carbocycles. The van der Waals surface area contributed by atoms with Gasteiger partial charge in [-0.1, -0.05) is 12.1 Å². The minimum absolute atomic E-state index is 0.182. The van der Waals surface area contributed by atoms with E-state index in [9.17, 15) is 0 Å². The Morgan fingerprint density at radius 2 is 1.95 bits per heavy atom. The molecule has 1 N–H and O–H groups in total. The van der Waals surface area contributed by atoms with Crippen LogP contribution in [-0.4, -0.2) is 6.10 Å². The molecule has 0 aliphatic carbocycles. The van der Waals surface area contributed by atoms with Crippen molar-refractivity contribution in [2.75, 3.05) is 0 Å². The lowest BCUT2D eigenvalue weighted by atomic mass is 10.1. The van der Waals surface area contributed by atoms with Crippen LogP contribution in [-0.2, 0) is 6.54 Å². The fourth-order valence-electron chi connectivity index (χ4n) is 1.98. The second-order valence-corrected chi connectivity index (χ2v) is 6.75. The maximum absolute atomic E-state index is 5.73. The molecule has 21 heavy (non-hydrogen) atoms. The van der Waals surface area contributed by atoms with Crippen molar-refractivity contribution in [1.82, 2.24) is 5.32 Å². The maximum atomic E-state index is 5.73. The number of hydrogen-bond donors (Lipinski definition) is 1. The topological polar surface area (TPSA) is 34.4 Å². The standard InChI is InChI=1S/C16H19Br2NO2/c1-10(2)20-13-6-4-5-12(7-13)11(3)19-9-14-8-15(17)16(18)21-14/h4-8,10-11,19H,9H2,1-3H3. The number of nitrogens with one attached hydrogen (secondary N) is 1. The normalized spacial score (nSPS) is 12.7. The third-order valence-corrected chi connectivity index (χ3v) is 4.72. The Balaban J connectivity index is 1.98. The molecule has 0 spiro atoms. The predicted molar refractivity (Wildman–Crippen MR) is 91.6 cm³/mol. The molecule has 114 valence electrons. The first kappa shape index (κ1) is 16.6. The number of ether oxygens (including phenoxy) is 1. The molecule has 2 rings (SSSR count). The number of furan rings is 1. The highest BCUT2D eigenvalue weighted by Gasteiger charge is 2.10. The zero-order valence-electron chi connectivity index (χ0n) is 12.3. The van der Waals surface area contributed by atoms with Crippen LogP contribution in [0.3, 0.4) is 0 Å². The zero-order chi connectivity index (χ0) is 15.4. The van der Waals surface area contributed by atoms with E-state index in [4.69, 9.17) is 9.15 Å². The summed E-state index contributed by atoms with van der Waals surface area (Å²) in [5, 5.41) is 3.45. The molecule has 0 saturated heterocycles. The summed E-state index contributed by atoms with van der Waals surface area (Å²) in [5.41, 5.74) is 1.19. The average Bonchev–Trinajstić information content (AvgIpc) is 2.75. The minimum atomic E-state index is 0.182. The van der Waals surface area contributed by atoms with Gasteiger partial charge in [0.25, 0.3) is 0 Å². The lowest BCUT2D eigenvalue weighted by Gasteiger charge is -2.16. The first-order valence-corrected chi connectivity index (χ1v) is 8.48. The van der Waals surface area contributed by atoms with E-state index in [1.54, 1.807) is 0 Å². The first-order valence-electron chi connectivity index (χ1n) is 6.89. The summed E-state index contributed by atoms with van der Waals surface area (Å²) in [6.45, 7) is 6.85. The van der Waals surface area contributed by atoms with Crippen molar-refractivity contribution in [3.63, 3.8) is 0 Å². The lowest BCUT2D eigenvalue weighted by Crippen LogP contribution is -2.18. The van der Waals surface area contributed by atoms with Gasteiger partial charge in [-0.3, -0.25) is 0 Å². The molecular formula is C16H19Br2NO2. The van der Waals surface area contributed by atoms with Crippen LogP contribution in [0, 0.1) is 0 Å². The van der Waals surface area contributed by atoms with E-state index >= 15 is 0 Å². The van der Waals surface area contributed by atoms with Crippen molar-refractivity contribution in [2.24, 2.45) is 0 Å². The molecule has 1 unspecified atom stereocenters. The zero-order valence-corrected chi connectivity index (χ0v) is 15.5. The molecule has 0 aliphatic rings. The molecule has 1 aromatic heterocycles. The van der Waals surface area contributed by atoms with Gasteiger partial charge < -0.3 is 14.5 Å². The van der Waals surface area contributed by atoms with Gasteiger partial charge in [0, 0.05) is 6.04 Å². The number of halogens is 2. The number of benzene rings is 1. The Hall–Kier alpha value is -0.780. The Morgan fingerprint density at radius 1 is 1.19 bits per heavy atom. The summed E-state index contributed by atoms with van der Waals surface area (Å²) < 4.78 is 12.9. The molecule has 0 bridgehead atoms. The predicted octanol–water partition coefficient (Wildman–Crippen LogP) is 5.44. The largest absolute Gasteiger partial charge is 0.491 e. The maximum Gasteiger partial charge on any atom is 0.183 e. The van der Waals surface area contributed by atoms with Crippen LogP contribution in [0.5, 0.6) is 5.75 Å². The summed E-state index contributed by atoms with van der Waals surface area (Å²) in [4.78, 5) is 0. The van der Waals surface area contributed by atoms with Crippen molar-refractivity contribution in [3.8, 4) is 5.75 Å². The third-order valence-electron chi connectivity index (χ3n) is 3.01. The number of rotatable bonds is 6. The van der Waals surface area contributed by atoms with Crippen LogP contribution in [0.15, 0.2) is 43.9 Å². The molecule has 0 aliphatic heterocycles. The molecule has 0 amide bonds. The van der Waals surface area contributed by atoms with Crippen LogP contribution < -0.4 is 10.1 Å². The Kier molecular flexibility index (Phi) is 5.90. The van der Waals surface area contributed by atoms with E-state index in [0.29, 0.717) is 6.54 Å². The molecular weight excluding hydrogens is 398 g/mol. The Morgan fingerprint density at radius 3 is 2.57 bits per heavy atom. The molecule has 0 saturated carbocycles. The Bertz CT molecular complexity index is 576. The molecule has 0 fully saturated rings. The van der Waals surface area contributed by atoms with Crippen LogP contribution in [0.1, 0.15) is 38.1 Å². The smallest absolute Gasteiger partial charge is 0.183 e. The summed E-state index contributed by atoms with van der Waals surface area (Å²) in [6, 6.07) is 10.3. The van der Waals surface area contributed by atoms with E-state index in [1.807, 2.05) is 32.0 Å². The van der Waals surface area contributed by atoms with Crippen LogP contribution in [0.4, 0.5) is 0 Å². The highest BCUT2D eigenvalue weighted by Crippen LogP contribution is 2.27. The van der Waals surface area contributed by atoms with Gasteiger partial charge in [0.1, 0.15) is 11.5 Å². The molecule has 2 aromatic rings. The van der Waals surface area contributed by atoms with E-state index in [-0.39, 0.29) is 12.1 Å². The Labute approximate surface area is 142 Å².